The Labute approximate surface area is 104 Å². The van der Waals surface area contributed by atoms with Gasteiger partial charge < -0.3 is 5.32 Å². The number of rotatable bonds is 4. The van der Waals surface area contributed by atoms with Gasteiger partial charge in [-0.05, 0) is 24.1 Å². The Bertz CT molecular complexity index is 481. The highest BCUT2D eigenvalue weighted by molar-refractivity contribution is 7.99. The van der Waals surface area contributed by atoms with Crippen LogP contribution in [0.25, 0.3) is 10.2 Å². The molecule has 0 aromatic carbocycles. The van der Waals surface area contributed by atoms with Crippen LogP contribution in [0, 0.1) is 6.92 Å². The van der Waals surface area contributed by atoms with E-state index in [0.717, 1.165) is 22.6 Å². The molecule has 86 valence electrons. The third-order valence-corrected chi connectivity index (χ3v) is 4.56. The summed E-state index contributed by atoms with van der Waals surface area (Å²) in [6.07, 6.45) is 3.76. The lowest BCUT2D eigenvalue weighted by Gasteiger charge is -2.10. The van der Waals surface area contributed by atoms with Crippen molar-refractivity contribution in [2.45, 2.75) is 19.1 Å². The first kappa shape index (κ1) is 11.7. The zero-order valence-electron chi connectivity index (χ0n) is 9.65. The molecule has 2 aromatic heterocycles. The molecule has 0 spiro atoms. The van der Waals surface area contributed by atoms with Crippen LogP contribution in [0.1, 0.15) is 12.5 Å². The van der Waals surface area contributed by atoms with E-state index in [1.54, 1.807) is 17.7 Å². The molecule has 0 aliphatic rings. The minimum absolute atomic E-state index is 0.589. The normalized spacial score (nSPS) is 12.9. The molecule has 0 amide bonds. The second-order valence-corrected chi connectivity index (χ2v) is 5.90. The average Bonchev–Trinajstić information content (AvgIpc) is 2.69. The number of thiophene rings is 1. The van der Waals surface area contributed by atoms with Gasteiger partial charge in [0, 0.05) is 11.8 Å². The lowest BCUT2D eigenvalue weighted by atomic mass is 10.3. The minimum Gasteiger partial charge on any atom is -0.368 e. The first-order valence-corrected chi connectivity index (χ1v) is 7.34. The number of nitrogens with zero attached hydrogens (tertiary/aromatic N) is 2. The van der Waals surface area contributed by atoms with E-state index in [-0.39, 0.29) is 0 Å². The van der Waals surface area contributed by atoms with Gasteiger partial charge in [0.05, 0.1) is 10.2 Å². The maximum Gasteiger partial charge on any atom is 0.147 e. The standard InChI is InChI=1S/C11H15N3S2/c1-7-5-16-10-9(7)13-6-14-11(10)12-4-8(2)15-3/h5-6,8H,4H2,1-3H3,(H,12,13,14). The lowest BCUT2D eigenvalue weighted by Crippen LogP contribution is -2.13. The quantitative estimate of drug-likeness (QED) is 0.908. The van der Waals surface area contributed by atoms with Crippen LogP contribution >= 0.6 is 23.1 Å². The van der Waals surface area contributed by atoms with Crippen molar-refractivity contribution < 1.29 is 0 Å². The molecular formula is C11H15N3S2. The largest absolute Gasteiger partial charge is 0.368 e. The van der Waals surface area contributed by atoms with Crippen molar-refractivity contribution in [1.82, 2.24) is 9.97 Å². The maximum atomic E-state index is 4.31. The number of thioether (sulfide) groups is 1. The summed E-state index contributed by atoms with van der Waals surface area (Å²) in [5.74, 6) is 0.962. The van der Waals surface area contributed by atoms with Crippen molar-refractivity contribution in [2.75, 3.05) is 18.1 Å². The molecule has 0 aliphatic carbocycles. The highest BCUT2D eigenvalue weighted by atomic mass is 32.2. The van der Waals surface area contributed by atoms with E-state index >= 15 is 0 Å². The lowest BCUT2D eigenvalue weighted by molar-refractivity contribution is 0.992. The Morgan fingerprint density at radius 2 is 2.31 bits per heavy atom. The molecule has 2 aromatic rings. The Morgan fingerprint density at radius 3 is 3.06 bits per heavy atom. The van der Waals surface area contributed by atoms with Crippen molar-refractivity contribution >= 4 is 39.1 Å². The van der Waals surface area contributed by atoms with Gasteiger partial charge in [0.2, 0.25) is 0 Å². The van der Waals surface area contributed by atoms with Crippen LogP contribution in [0.3, 0.4) is 0 Å². The highest BCUT2D eigenvalue weighted by Crippen LogP contribution is 2.28. The zero-order valence-corrected chi connectivity index (χ0v) is 11.3. The van der Waals surface area contributed by atoms with Crippen LogP contribution in [0.2, 0.25) is 0 Å². The Kier molecular flexibility index (Phi) is 3.66. The molecular weight excluding hydrogens is 238 g/mol. The van der Waals surface area contributed by atoms with Crippen molar-refractivity contribution in [1.29, 1.82) is 0 Å². The van der Waals surface area contributed by atoms with E-state index < -0.39 is 0 Å². The van der Waals surface area contributed by atoms with Gasteiger partial charge in [0.25, 0.3) is 0 Å². The van der Waals surface area contributed by atoms with E-state index in [1.165, 1.54) is 5.56 Å². The van der Waals surface area contributed by atoms with Crippen LogP contribution in [0.15, 0.2) is 11.7 Å². The molecule has 2 heterocycles. The SMILES string of the molecule is CSC(C)CNc1ncnc2c(C)csc12. The Morgan fingerprint density at radius 1 is 1.50 bits per heavy atom. The van der Waals surface area contributed by atoms with Crippen molar-refractivity contribution in [3.8, 4) is 0 Å². The second-order valence-electron chi connectivity index (χ2n) is 3.75. The van der Waals surface area contributed by atoms with Crippen molar-refractivity contribution in [3.63, 3.8) is 0 Å². The van der Waals surface area contributed by atoms with Gasteiger partial charge in [-0.3, -0.25) is 0 Å². The van der Waals surface area contributed by atoms with E-state index in [0.29, 0.717) is 5.25 Å². The van der Waals surface area contributed by atoms with Gasteiger partial charge in [-0.2, -0.15) is 11.8 Å². The number of aryl methyl sites for hydroxylation is 1. The fraction of sp³-hybridized carbons (Fsp3) is 0.455. The fourth-order valence-corrected chi connectivity index (χ4v) is 2.64. The highest BCUT2D eigenvalue weighted by Gasteiger charge is 2.08. The third kappa shape index (κ3) is 2.30. The molecule has 1 unspecified atom stereocenters. The first-order valence-electron chi connectivity index (χ1n) is 5.18. The van der Waals surface area contributed by atoms with Gasteiger partial charge >= 0.3 is 0 Å². The van der Waals surface area contributed by atoms with Crippen LogP contribution in [0.5, 0.6) is 0 Å². The van der Waals surface area contributed by atoms with E-state index in [9.17, 15) is 0 Å². The van der Waals surface area contributed by atoms with E-state index in [1.807, 2.05) is 11.8 Å². The summed E-state index contributed by atoms with van der Waals surface area (Å²) in [6.45, 7) is 5.22. The van der Waals surface area contributed by atoms with E-state index in [4.69, 9.17) is 0 Å². The molecule has 2 rings (SSSR count). The van der Waals surface area contributed by atoms with Crippen LogP contribution in [-0.4, -0.2) is 28.0 Å². The molecule has 0 bridgehead atoms. The molecule has 1 atom stereocenters. The topological polar surface area (TPSA) is 37.8 Å². The molecule has 0 fully saturated rings. The molecule has 0 aliphatic heterocycles. The number of aromatic nitrogens is 2. The summed E-state index contributed by atoms with van der Waals surface area (Å²) < 4.78 is 1.16. The number of nitrogens with one attached hydrogen (secondary N) is 1. The summed E-state index contributed by atoms with van der Waals surface area (Å²) in [5.41, 5.74) is 2.29. The summed E-state index contributed by atoms with van der Waals surface area (Å²) in [5, 5.41) is 6.11. The maximum absolute atomic E-state index is 4.31. The van der Waals surface area contributed by atoms with Crippen LogP contribution in [0.4, 0.5) is 5.82 Å². The van der Waals surface area contributed by atoms with Crippen molar-refractivity contribution in [2.24, 2.45) is 0 Å². The summed E-state index contributed by atoms with van der Waals surface area (Å²) in [6, 6.07) is 0. The Hall–Kier alpha value is -0.810. The predicted octanol–water partition coefficient (Wildman–Crippen LogP) is 3.16. The molecule has 0 radical (unpaired) electrons. The first-order chi connectivity index (χ1) is 7.72. The number of hydrogen-bond donors (Lipinski definition) is 1. The molecule has 3 nitrogen and oxygen atoms in total. The van der Waals surface area contributed by atoms with Gasteiger partial charge in [-0.15, -0.1) is 11.3 Å². The van der Waals surface area contributed by atoms with E-state index in [2.05, 4.69) is 40.8 Å². The minimum atomic E-state index is 0.589. The predicted molar refractivity (Wildman–Crippen MR) is 73.6 cm³/mol. The fourth-order valence-electron chi connectivity index (χ4n) is 1.42. The summed E-state index contributed by atoms with van der Waals surface area (Å²) >= 11 is 3.56. The molecule has 1 N–H and O–H groups in total. The Balaban J connectivity index is 2.24. The second kappa shape index (κ2) is 5.01. The number of anilines is 1. The number of hydrogen-bond acceptors (Lipinski definition) is 5. The van der Waals surface area contributed by atoms with Gasteiger partial charge in [0.1, 0.15) is 12.1 Å². The van der Waals surface area contributed by atoms with Gasteiger partial charge in [-0.1, -0.05) is 6.92 Å². The molecule has 5 heteroatoms. The van der Waals surface area contributed by atoms with Gasteiger partial charge in [-0.25, -0.2) is 9.97 Å². The number of fused-ring (bicyclic) bond motifs is 1. The zero-order chi connectivity index (χ0) is 11.5. The summed E-state index contributed by atoms with van der Waals surface area (Å²) in [4.78, 5) is 8.61. The molecule has 16 heavy (non-hydrogen) atoms. The monoisotopic (exact) mass is 253 g/mol. The molecule has 0 saturated carbocycles. The third-order valence-electron chi connectivity index (χ3n) is 2.49. The smallest absolute Gasteiger partial charge is 0.147 e. The van der Waals surface area contributed by atoms with Gasteiger partial charge in [0.15, 0.2) is 0 Å². The van der Waals surface area contributed by atoms with Crippen LogP contribution < -0.4 is 5.32 Å². The summed E-state index contributed by atoms with van der Waals surface area (Å²) in [7, 11) is 0. The van der Waals surface area contributed by atoms with Crippen LogP contribution in [-0.2, 0) is 0 Å². The average molecular weight is 253 g/mol. The van der Waals surface area contributed by atoms with Crippen molar-refractivity contribution in [3.05, 3.63) is 17.3 Å². The molecule has 0 saturated heterocycles.